The van der Waals surface area contributed by atoms with Crippen LogP contribution in [0.15, 0.2) is 24.3 Å². The first kappa shape index (κ1) is 15.8. The van der Waals surface area contributed by atoms with Crippen LogP contribution in [0, 0.1) is 6.92 Å². The number of hydrogen-bond acceptors (Lipinski definition) is 3. The maximum atomic E-state index is 11.3. The van der Waals surface area contributed by atoms with Gasteiger partial charge in [-0.2, -0.15) is 0 Å². The monoisotopic (exact) mass is 280 g/mol. The zero-order valence-corrected chi connectivity index (χ0v) is 11.5. The first-order valence-electron chi connectivity index (χ1n) is 6.51. The van der Waals surface area contributed by atoms with E-state index in [1.807, 2.05) is 31.2 Å². The number of urea groups is 1. The molecule has 3 N–H and O–H groups in total. The van der Waals surface area contributed by atoms with Crippen molar-refractivity contribution < 1.29 is 19.4 Å². The molecule has 1 rings (SSSR count). The molecule has 0 heterocycles. The highest BCUT2D eigenvalue weighted by Gasteiger charge is 2.01. The van der Waals surface area contributed by atoms with E-state index in [9.17, 15) is 9.59 Å². The number of carboxylic acid groups (broad SMARTS) is 1. The number of carboxylic acids is 1. The van der Waals surface area contributed by atoms with Gasteiger partial charge in [0.15, 0.2) is 0 Å². The minimum Gasteiger partial charge on any atom is -0.492 e. The van der Waals surface area contributed by atoms with Crippen LogP contribution in [0.4, 0.5) is 4.79 Å². The van der Waals surface area contributed by atoms with Crippen molar-refractivity contribution >= 4 is 12.0 Å². The molecule has 0 aliphatic carbocycles. The Bertz CT molecular complexity index is 431. The molecule has 20 heavy (non-hydrogen) atoms. The van der Waals surface area contributed by atoms with Crippen molar-refractivity contribution in [3.8, 4) is 5.75 Å². The molecule has 6 heteroatoms. The molecule has 0 saturated carbocycles. The van der Waals surface area contributed by atoms with Crippen LogP contribution in [0.1, 0.15) is 18.4 Å². The number of nitrogens with one attached hydrogen (secondary N) is 2. The lowest BCUT2D eigenvalue weighted by Gasteiger charge is -2.09. The molecule has 6 nitrogen and oxygen atoms in total. The fraction of sp³-hybridized carbons (Fsp3) is 0.429. The zero-order valence-electron chi connectivity index (χ0n) is 11.5. The average molecular weight is 280 g/mol. The third kappa shape index (κ3) is 7.25. The van der Waals surface area contributed by atoms with Gasteiger partial charge in [-0.1, -0.05) is 17.7 Å². The smallest absolute Gasteiger partial charge is 0.314 e. The summed E-state index contributed by atoms with van der Waals surface area (Å²) in [6, 6.07) is 7.35. The number of aryl methyl sites for hydroxylation is 1. The molecule has 0 aromatic heterocycles. The van der Waals surface area contributed by atoms with Crippen molar-refractivity contribution in [3.63, 3.8) is 0 Å². The summed E-state index contributed by atoms with van der Waals surface area (Å²) < 4.78 is 5.45. The second-order valence-electron chi connectivity index (χ2n) is 4.34. The second-order valence-corrected chi connectivity index (χ2v) is 4.34. The molecule has 0 aliphatic heterocycles. The lowest BCUT2D eigenvalue weighted by molar-refractivity contribution is -0.137. The Labute approximate surface area is 118 Å². The summed E-state index contributed by atoms with van der Waals surface area (Å²) in [4.78, 5) is 21.6. The summed E-state index contributed by atoms with van der Waals surface area (Å²) >= 11 is 0. The molecule has 1 aromatic carbocycles. The van der Waals surface area contributed by atoms with Gasteiger partial charge in [-0.25, -0.2) is 4.79 Å². The summed E-state index contributed by atoms with van der Waals surface area (Å²) in [6.07, 6.45) is 0.472. The zero-order chi connectivity index (χ0) is 14.8. The average Bonchev–Trinajstić information content (AvgIpc) is 2.41. The van der Waals surface area contributed by atoms with Crippen LogP contribution in [0.25, 0.3) is 0 Å². The van der Waals surface area contributed by atoms with Crippen molar-refractivity contribution in [3.05, 3.63) is 29.8 Å². The van der Waals surface area contributed by atoms with E-state index in [1.54, 1.807) is 0 Å². The number of carbonyl (C=O) groups is 2. The molecule has 0 bridgehead atoms. The van der Waals surface area contributed by atoms with Crippen LogP contribution in [0.2, 0.25) is 0 Å². The summed E-state index contributed by atoms with van der Waals surface area (Å²) in [5, 5.41) is 13.6. The van der Waals surface area contributed by atoms with E-state index in [0.29, 0.717) is 26.1 Å². The molecule has 2 amide bonds. The van der Waals surface area contributed by atoms with Crippen molar-refractivity contribution in [1.82, 2.24) is 10.6 Å². The first-order valence-corrected chi connectivity index (χ1v) is 6.51. The Hall–Kier alpha value is -2.24. The van der Waals surface area contributed by atoms with Crippen molar-refractivity contribution in [2.45, 2.75) is 19.8 Å². The number of ether oxygens (including phenoxy) is 1. The number of hydrogen-bond donors (Lipinski definition) is 3. The largest absolute Gasteiger partial charge is 0.492 e. The lowest BCUT2D eigenvalue weighted by atomic mass is 10.2. The first-order chi connectivity index (χ1) is 9.58. The van der Waals surface area contributed by atoms with Crippen LogP contribution in [-0.2, 0) is 4.79 Å². The fourth-order valence-electron chi connectivity index (χ4n) is 1.47. The molecule has 1 aromatic rings. The van der Waals surface area contributed by atoms with Crippen LogP contribution in [0.3, 0.4) is 0 Å². The van der Waals surface area contributed by atoms with Gasteiger partial charge in [0.1, 0.15) is 12.4 Å². The number of rotatable bonds is 8. The minimum atomic E-state index is -0.862. The van der Waals surface area contributed by atoms with Gasteiger partial charge in [-0.15, -0.1) is 0 Å². The van der Waals surface area contributed by atoms with E-state index in [-0.39, 0.29) is 12.5 Å². The van der Waals surface area contributed by atoms with E-state index in [1.165, 1.54) is 0 Å². The molecule has 0 spiro atoms. The van der Waals surface area contributed by atoms with Gasteiger partial charge in [0.2, 0.25) is 0 Å². The van der Waals surface area contributed by atoms with Gasteiger partial charge in [-0.3, -0.25) is 4.79 Å². The van der Waals surface area contributed by atoms with E-state index >= 15 is 0 Å². The van der Waals surface area contributed by atoms with Gasteiger partial charge in [-0.05, 0) is 25.5 Å². The van der Waals surface area contributed by atoms with Crippen LogP contribution in [0.5, 0.6) is 5.75 Å². The quantitative estimate of drug-likeness (QED) is 0.630. The minimum absolute atomic E-state index is 0.0524. The van der Waals surface area contributed by atoms with Gasteiger partial charge >= 0.3 is 12.0 Å². The summed E-state index contributed by atoms with van der Waals surface area (Å²) in [5.41, 5.74) is 1.16. The highest BCUT2D eigenvalue weighted by Crippen LogP contribution is 2.10. The highest BCUT2D eigenvalue weighted by molar-refractivity contribution is 5.73. The van der Waals surface area contributed by atoms with E-state index in [2.05, 4.69) is 10.6 Å². The molecule has 0 saturated heterocycles. The normalized spacial score (nSPS) is 9.85. The number of benzene rings is 1. The molecule has 0 atom stereocenters. The predicted octanol–water partition coefficient (Wildman–Crippen LogP) is 1.54. The van der Waals surface area contributed by atoms with E-state index in [4.69, 9.17) is 9.84 Å². The molecular formula is C14H20N2O4. The molecule has 0 fully saturated rings. The Morgan fingerprint density at radius 1 is 1.15 bits per heavy atom. The predicted molar refractivity (Wildman–Crippen MR) is 74.9 cm³/mol. The lowest BCUT2D eigenvalue weighted by Crippen LogP contribution is -2.38. The molecule has 0 unspecified atom stereocenters. The SMILES string of the molecule is Cc1ccc(OCCNC(=O)NCCCC(=O)O)cc1. The Balaban J connectivity index is 2.04. The molecular weight excluding hydrogens is 260 g/mol. The number of carbonyl (C=O) groups excluding carboxylic acids is 1. The van der Waals surface area contributed by atoms with Gasteiger partial charge in [0, 0.05) is 13.0 Å². The third-order valence-corrected chi connectivity index (χ3v) is 2.53. The second kappa shape index (κ2) is 8.79. The fourth-order valence-corrected chi connectivity index (χ4v) is 1.47. The Morgan fingerprint density at radius 3 is 2.45 bits per heavy atom. The van der Waals surface area contributed by atoms with Crippen molar-refractivity contribution in [2.24, 2.45) is 0 Å². The molecule has 110 valence electrons. The van der Waals surface area contributed by atoms with Gasteiger partial charge in [0.05, 0.1) is 6.54 Å². The van der Waals surface area contributed by atoms with E-state index < -0.39 is 5.97 Å². The standard InChI is InChI=1S/C14H20N2O4/c1-11-4-6-12(7-5-11)20-10-9-16-14(19)15-8-2-3-13(17)18/h4-7H,2-3,8-10H2,1H3,(H,17,18)(H2,15,16,19). The topological polar surface area (TPSA) is 87.7 Å². The van der Waals surface area contributed by atoms with Crippen LogP contribution in [-0.4, -0.2) is 36.8 Å². The summed E-state index contributed by atoms with van der Waals surface area (Å²) in [6.45, 7) is 3.11. The van der Waals surface area contributed by atoms with Gasteiger partial charge in [0.25, 0.3) is 0 Å². The molecule has 0 radical (unpaired) electrons. The van der Waals surface area contributed by atoms with E-state index in [0.717, 1.165) is 11.3 Å². The third-order valence-electron chi connectivity index (χ3n) is 2.53. The van der Waals surface area contributed by atoms with Crippen LogP contribution >= 0.6 is 0 Å². The highest BCUT2D eigenvalue weighted by atomic mass is 16.5. The number of aliphatic carboxylic acids is 1. The van der Waals surface area contributed by atoms with Crippen molar-refractivity contribution in [1.29, 1.82) is 0 Å². The summed E-state index contributed by atoms with van der Waals surface area (Å²) in [7, 11) is 0. The molecule has 0 aliphatic rings. The maximum Gasteiger partial charge on any atom is 0.314 e. The number of amides is 2. The summed E-state index contributed by atoms with van der Waals surface area (Å²) in [5.74, 6) is -0.0991. The van der Waals surface area contributed by atoms with Crippen molar-refractivity contribution in [2.75, 3.05) is 19.7 Å². The Morgan fingerprint density at radius 2 is 1.80 bits per heavy atom. The maximum absolute atomic E-state index is 11.3. The van der Waals surface area contributed by atoms with Gasteiger partial charge < -0.3 is 20.5 Å². The Kier molecular flexibility index (Phi) is 6.95. The van der Waals surface area contributed by atoms with Crippen LogP contribution < -0.4 is 15.4 Å².